The molecule has 0 aliphatic carbocycles. The molecular formula is C30H53N9O9. The van der Waals surface area contributed by atoms with E-state index in [1.807, 2.05) is 0 Å². The Bertz CT molecular complexity index is 1210. The van der Waals surface area contributed by atoms with Crippen LogP contribution in [0.3, 0.4) is 0 Å². The molecule has 18 nitrogen and oxygen atoms in total. The highest BCUT2D eigenvalue weighted by atomic mass is 16.2. The summed E-state index contributed by atoms with van der Waals surface area (Å²) in [5.74, 6) is -8.16. The van der Waals surface area contributed by atoms with Gasteiger partial charge in [0, 0.05) is 13.3 Å². The number of carbonyl (C=O) groups excluding carboxylic acids is 9. The normalized spacial score (nSPS) is 14.8. The summed E-state index contributed by atoms with van der Waals surface area (Å²) in [7, 11) is 0. The summed E-state index contributed by atoms with van der Waals surface area (Å²) in [5.41, 5.74) is 15.8. The molecule has 0 bridgehead atoms. The van der Waals surface area contributed by atoms with Crippen LogP contribution in [0.5, 0.6) is 0 Å². The van der Waals surface area contributed by atoms with Crippen LogP contribution in [0.1, 0.15) is 81.1 Å². The third kappa shape index (κ3) is 16.2. The van der Waals surface area contributed by atoms with E-state index in [9.17, 15) is 43.2 Å². The van der Waals surface area contributed by atoms with Crippen LogP contribution in [0, 0.1) is 17.8 Å². The summed E-state index contributed by atoms with van der Waals surface area (Å²) in [6, 6.07) is -7.46. The molecule has 0 fully saturated rings. The third-order valence-corrected chi connectivity index (χ3v) is 7.03. The third-order valence-electron chi connectivity index (χ3n) is 7.03. The van der Waals surface area contributed by atoms with E-state index in [1.165, 1.54) is 13.8 Å². The van der Waals surface area contributed by atoms with Crippen molar-refractivity contribution in [2.75, 3.05) is 0 Å². The van der Waals surface area contributed by atoms with Gasteiger partial charge in [0.1, 0.15) is 36.3 Å². The first kappa shape index (κ1) is 43.2. The lowest BCUT2D eigenvalue weighted by molar-refractivity contribution is -0.136. The fourth-order valence-electron chi connectivity index (χ4n) is 4.39. The van der Waals surface area contributed by atoms with Crippen LogP contribution in [0.25, 0.3) is 0 Å². The Morgan fingerprint density at radius 1 is 0.521 bits per heavy atom. The zero-order valence-electron chi connectivity index (χ0n) is 28.9. The SMILES string of the molecule is CC(=O)N[C@H](C(=O)N[C@@H](CC(N)=O)C(=O)N[C@@H](CCC(N)=O)C(=O)N[C@@H](CC(C)C)C(=O)N[C@H](C(=O)N[C@@H](C)C(N)=O)C(C)C)C(C)C. The summed E-state index contributed by atoms with van der Waals surface area (Å²) in [5, 5.41) is 14.8. The maximum Gasteiger partial charge on any atom is 0.243 e. The zero-order chi connectivity index (χ0) is 37.5. The molecule has 6 atom stereocenters. The quantitative estimate of drug-likeness (QED) is 0.0592. The Morgan fingerprint density at radius 3 is 1.40 bits per heavy atom. The summed E-state index contributed by atoms with van der Waals surface area (Å²) in [6.07, 6.45) is -1.25. The number of primary amides is 3. The Hall–Kier alpha value is -4.77. The van der Waals surface area contributed by atoms with Crippen LogP contribution in [0.15, 0.2) is 0 Å². The molecule has 0 aromatic rings. The number of hydrogen-bond acceptors (Lipinski definition) is 9. The van der Waals surface area contributed by atoms with Gasteiger partial charge in [-0.1, -0.05) is 41.5 Å². The van der Waals surface area contributed by atoms with Crippen LogP contribution in [-0.2, 0) is 43.2 Å². The Kier molecular flexibility index (Phi) is 18.4. The van der Waals surface area contributed by atoms with Crippen LogP contribution in [0.2, 0.25) is 0 Å². The molecule has 0 aromatic carbocycles. The molecule has 0 rings (SSSR count). The van der Waals surface area contributed by atoms with Crippen molar-refractivity contribution < 1.29 is 43.2 Å². The number of rotatable bonds is 21. The van der Waals surface area contributed by atoms with Crippen molar-refractivity contribution in [3.63, 3.8) is 0 Å². The van der Waals surface area contributed by atoms with Gasteiger partial charge < -0.3 is 49.1 Å². The molecule has 0 unspecified atom stereocenters. The van der Waals surface area contributed by atoms with Crippen LogP contribution in [-0.4, -0.2) is 89.4 Å². The van der Waals surface area contributed by atoms with E-state index >= 15 is 0 Å². The summed E-state index contributed by atoms with van der Waals surface area (Å²) < 4.78 is 0. The Morgan fingerprint density at radius 2 is 0.958 bits per heavy atom. The smallest absolute Gasteiger partial charge is 0.243 e. The van der Waals surface area contributed by atoms with Gasteiger partial charge in [-0.2, -0.15) is 0 Å². The van der Waals surface area contributed by atoms with Gasteiger partial charge in [0.15, 0.2) is 0 Å². The van der Waals surface area contributed by atoms with Crippen molar-refractivity contribution in [1.82, 2.24) is 31.9 Å². The molecule has 0 spiro atoms. The van der Waals surface area contributed by atoms with E-state index in [0.717, 1.165) is 0 Å². The predicted molar refractivity (Wildman–Crippen MR) is 173 cm³/mol. The first-order valence-corrected chi connectivity index (χ1v) is 15.7. The molecule has 0 aromatic heterocycles. The average molecular weight is 684 g/mol. The van der Waals surface area contributed by atoms with Crippen molar-refractivity contribution in [1.29, 1.82) is 0 Å². The van der Waals surface area contributed by atoms with Gasteiger partial charge in [0.25, 0.3) is 0 Å². The molecule has 9 amide bonds. The monoisotopic (exact) mass is 683 g/mol. The average Bonchev–Trinajstić information content (AvgIpc) is 2.94. The van der Waals surface area contributed by atoms with Gasteiger partial charge in [0.2, 0.25) is 53.2 Å². The first-order valence-electron chi connectivity index (χ1n) is 15.7. The maximum absolute atomic E-state index is 13.5. The minimum atomic E-state index is -1.57. The first-order chi connectivity index (χ1) is 22.1. The predicted octanol–water partition coefficient (Wildman–Crippen LogP) is -3.08. The molecule has 0 saturated carbocycles. The van der Waals surface area contributed by atoms with Gasteiger partial charge in [-0.15, -0.1) is 0 Å². The van der Waals surface area contributed by atoms with Crippen molar-refractivity contribution in [2.24, 2.45) is 35.0 Å². The maximum atomic E-state index is 13.5. The van der Waals surface area contributed by atoms with Gasteiger partial charge in [-0.05, 0) is 37.5 Å². The number of amides is 9. The number of nitrogens with one attached hydrogen (secondary N) is 6. The van der Waals surface area contributed by atoms with Crippen molar-refractivity contribution in [3.05, 3.63) is 0 Å². The Balaban J connectivity index is 6.22. The molecule has 0 aliphatic rings. The highest BCUT2D eigenvalue weighted by molar-refractivity contribution is 5.98. The Labute approximate surface area is 280 Å². The highest BCUT2D eigenvalue weighted by Crippen LogP contribution is 2.10. The summed E-state index contributed by atoms with van der Waals surface area (Å²) >= 11 is 0. The van der Waals surface area contributed by atoms with Gasteiger partial charge in [-0.25, -0.2) is 0 Å². The molecule has 0 aliphatic heterocycles. The molecule has 18 heteroatoms. The van der Waals surface area contributed by atoms with Gasteiger partial charge in [-0.3, -0.25) is 43.2 Å². The molecule has 0 radical (unpaired) electrons. The summed E-state index contributed by atoms with van der Waals surface area (Å²) in [6.45, 7) is 12.8. The van der Waals surface area contributed by atoms with E-state index in [-0.39, 0.29) is 25.2 Å². The molecule has 0 saturated heterocycles. The minimum Gasteiger partial charge on any atom is -0.370 e. The fraction of sp³-hybridized carbons (Fsp3) is 0.700. The van der Waals surface area contributed by atoms with Crippen molar-refractivity contribution in [3.8, 4) is 0 Å². The molecule has 0 heterocycles. The van der Waals surface area contributed by atoms with Crippen molar-refractivity contribution in [2.45, 2.75) is 117 Å². The van der Waals surface area contributed by atoms with Crippen LogP contribution in [0.4, 0.5) is 0 Å². The van der Waals surface area contributed by atoms with E-state index < -0.39 is 108 Å². The lowest BCUT2D eigenvalue weighted by atomic mass is 9.99. The molecule has 48 heavy (non-hydrogen) atoms. The fourth-order valence-corrected chi connectivity index (χ4v) is 4.39. The van der Waals surface area contributed by atoms with E-state index in [0.29, 0.717) is 0 Å². The van der Waals surface area contributed by atoms with Gasteiger partial charge >= 0.3 is 0 Å². The second-order valence-electron chi connectivity index (χ2n) is 12.8. The molecule has 12 N–H and O–H groups in total. The number of hydrogen-bond donors (Lipinski definition) is 9. The highest BCUT2D eigenvalue weighted by Gasteiger charge is 2.34. The second-order valence-corrected chi connectivity index (χ2v) is 12.8. The number of nitrogens with two attached hydrogens (primary N) is 3. The topological polar surface area (TPSA) is 304 Å². The zero-order valence-corrected chi connectivity index (χ0v) is 28.9. The van der Waals surface area contributed by atoms with Crippen LogP contribution >= 0.6 is 0 Å². The summed E-state index contributed by atoms with van der Waals surface area (Å²) in [4.78, 5) is 113. The van der Waals surface area contributed by atoms with Gasteiger partial charge in [0.05, 0.1) is 6.42 Å². The standard InChI is InChI=1S/C30H53N9O9/c1-13(2)11-19(28(46)39-24(15(5)6)29(47)34-16(7)25(33)43)37-26(44)18(9-10-21(31)41)36-27(45)20(12-22(32)42)38-30(48)23(14(3)4)35-17(8)40/h13-16,18-20,23-24H,9-12H2,1-8H3,(H2,31,41)(H2,32,42)(H2,33,43)(H,34,47)(H,35,40)(H,36,45)(H,37,44)(H,38,48)(H,39,46)/t16-,18-,19-,20-,23-,24-/m0/s1. The second kappa shape index (κ2) is 20.5. The lowest BCUT2D eigenvalue weighted by Crippen LogP contribution is -2.60. The molecular weight excluding hydrogens is 630 g/mol. The lowest BCUT2D eigenvalue weighted by Gasteiger charge is -2.29. The van der Waals surface area contributed by atoms with Crippen LogP contribution < -0.4 is 49.1 Å². The largest absolute Gasteiger partial charge is 0.370 e. The minimum absolute atomic E-state index is 0.0955. The molecule has 272 valence electrons. The van der Waals surface area contributed by atoms with E-state index in [4.69, 9.17) is 17.2 Å². The number of carbonyl (C=O) groups is 9. The van der Waals surface area contributed by atoms with Crippen molar-refractivity contribution >= 4 is 53.2 Å². The van der Waals surface area contributed by atoms with E-state index in [2.05, 4.69) is 31.9 Å². The van der Waals surface area contributed by atoms with E-state index in [1.54, 1.807) is 41.5 Å².